The van der Waals surface area contributed by atoms with E-state index in [1.807, 2.05) is 18.3 Å². The molecule has 1 rings (SSSR count). The van der Waals surface area contributed by atoms with Crippen LogP contribution in [-0.4, -0.2) is 17.1 Å². The van der Waals surface area contributed by atoms with Crippen LogP contribution < -0.4 is 10.1 Å². The summed E-state index contributed by atoms with van der Waals surface area (Å²) >= 11 is 0. The third-order valence-corrected chi connectivity index (χ3v) is 2.72. The Kier molecular flexibility index (Phi) is 5.36. The molecule has 1 aromatic heterocycles. The van der Waals surface area contributed by atoms with Gasteiger partial charge < -0.3 is 10.1 Å². The quantitative estimate of drug-likeness (QED) is 0.878. The van der Waals surface area contributed by atoms with Crippen molar-refractivity contribution in [1.29, 1.82) is 0 Å². The van der Waals surface area contributed by atoms with Crippen molar-refractivity contribution in [2.75, 3.05) is 6.61 Å². The maximum atomic E-state index is 5.72. The molecule has 0 aromatic carbocycles. The van der Waals surface area contributed by atoms with E-state index in [1.54, 1.807) is 0 Å². The minimum Gasteiger partial charge on any atom is -0.478 e. The highest BCUT2D eigenvalue weighted by Crippen LogP contribution is 2.19. The van der Waals surface area contributed by atoms with Gasteiger partial charge in [-0.25, -0.2) is 4.98 Å². The fourth-order valence-electron chi connectivity index (χ4n) is 1.47. The van der Waals surface area contributed by atoms with Gasteiger partial charge in [-0.15, -0.1) is 0 Å². The first-order valence-electron chi connectivity index (χ1n) is 6.98. The van der Waals surface area contributed by atoms with Crippen LogP contribution in [0.5, 0.6) is 5.88 Å². The smallest absolute Gasteiger partial charge is 0.213 e. The second-order valence-corrected chi connectivity index (χ2v) is 7.27. The van der Waals surface area contributed by atoms with Gasteiger partial charge in [0.15, 0.2) is 0 Å². The molecule has 0 unspecified atom stereocenters. The van der Waals surface area contributed by atoms with Crippen LogP contribution in [0.1, 0.15) is 53.5 Å². The second kappa shape index (κ2) is 6.38. The highest BCUT2D eigenvalue weighted by atomic mass is 16.5. The van der Waals surface area contributed by atoms with Gasteiger partial charge in [-0.05, 0) is 44.2 Å². The summed E-state index contributed by atoms with van der Waals surface area (Å²) in [5, 5.41) is 3.46. The Bertz CT molecular complexity index is 388. The molecular formula is C16H28N2O. The summed E-state index contributed by atoms with van der Waals surface area (Å²) in [4.78, 5) is 4.25. The highest BCUT2D eigenvalue weighted by Gasteiger charge is 2.11. The molecule has 0 fully saturated rings. The van der Waals surface area contributed by atoms with E-state index in [-0.39, 0.29) is 5.54 Å². The highest BCUT2D eigenvalue weighted by molar-refractivity contribution is 5.20. The molecule has 0 saturated carbocycles. The zero-order chi connectivity index (χ0) is 14.5. The largest absolute Gasteiger partial charge is 0.478 e. The van der Waals surface area contributed by atoms with Gasteiger partial charge in [-0.1, -0.05) is 20.8 Å². The van der Waals surface area contributed by atoms with Crippen LogP contribution in [0.3, 0.4) is 0 Å². The fraction of sp³-hybridized carbons (Fsp3) is 0.688. The van der Waals surface area contributed by atoms with Crippen LogP contribution in [0.2, 0.25) is 0 Å². The lowest BCUT2D eigenvalue weighted by molar-refractivity contribution is 0.236. The standard InChI is InChI=1S/C16H28N2O/c1-15(2,3)8-10-19-14-11-13(7-9-17-14)12-18-16(4,5)6/h7,9,11,18H,8,10,12H2,1-6H3. The first-order valence-corrected chi connectivity index (χ1v) is 6.98. The molecule has 1 heterocycles. The number of ether oxygens (including phenoxy) is 1. The van der Waals surface area contributed by atoms with Crippen LogP contribution in [0, 0.1) is 5.41 Å². The molecule has 0 radical (unpaired) electrons. The van der Waals surface area contributed by atoms with Crippen molar-refractivity contribution in [3.63, 3.8) is 0 Å². The van der Waals surface area contributed by atoms with Crippen LogP contribution in [0.15, 0.2) is 18.3 Å². The summed E-state index contributed by atoms with van der Waals surface area (Å²) < 4.78 is 5.72. The third-order valence-electron chi connectivity index (χ3n) is 2.72. The molecule has 3 heteroatoms. The molecular weight excluding hydrogens is 236 g/mol. The number of nitrogens with one attached hydrogen (secondary N) is 1. The summed E-state index contributed by atoms with van der Waals surface area (Å²) in [6, 6.07) is 4.04. The predicted octanol–water partition coefficient (Wildman–Crippen LogP) is 3.78. The summed E-state index contributed by atoms with van der Waals surface area (Å²) in [6.07, 6.45) is 2.84. The van der Waals surface area contributed by atoms with Gasteiger partial charge in [0, 0.05) is 24.3 Å². The SMILES string of the molecule is CC(C)(C)CCOc1cc(CNC(C)(C)C)ccn1. The number of hydrogen-bond donors (Lipinski definition) is 1. The first-order chi connectivity index (χ1) is 8.66. The van der Waals surface area contributed by atoms with E-state index in [2.05, 4.69) is 51.8 Å². The second-order valence-electron chi connectivity index (χ2n) is 7.27. The summed E-state index contributed by atoms with van der Waals surface area (Å²) in [5.74, 6) is 0.720. The van der Waals surface area contributed by atoms with E-state index >= 15 is 0 Å². The summed E-state index contributed by atoms with van der Waals surface area (Å²) in [6.45, 7) is 14.7. The van der Waals surface area contributed by atoms with Crippen molar-refractivity contribution >= 4 is 0 Å². The maximum absolute atomic E-state index is 5.72. The molecule has 0 spiro atoms. The van der Waals surface area contributed by atoms with Gasteiger partial charge in [0.25, 0.3) is 0 Å². The lowest BCUT2D eigenvalue weighted by atomic mass is 9.93. The molecule has 0 bridgehead atoms. The number of aromatic nitrogens is 1. The average Bonchev–Trinajstić information content (AvgIpc) is 2.24. The topological polar surface area (TPSA) is 34.1 Å². The lowest BCUT2D eigenvalue weighted by Crippen LogP contribution is -2.35. The summed E-state index contributed by atoms with van der Waals surface area (Å²) in [5.41, 5.74) is 1.62. The van der Waals surface area contributed by atoms with Gasteiger partial charge in [-0.2, -0.15) is 0 Å². The number of pyridine rings is 1. The van der Waals surface area contributed by atoms with Gasteiger partial charge in [0.1, 0.15) is 0 Å². The number of nitrogens with zero attached hydrogens (tertiary/aromatic N) is 1. The Labute approximate surface area is 117 Å². The third kappa shape index (κ3) is 7.83. The van der Waals surface area contributed by atoms with E-state index in [9.17, 15) is 0 Å². The Hall–Kier alpha value is -1.09. The zero-order valence-corrected chi connectivity index (χ0v) is 13.2. The van der Waals surface area contributed by atoms with Gasteiger partial charge >= 0.3 is 0 Å². The molecule has 0 aliphatic carbocycles. The Morgan fingerprint density at radius 3 is 2.42 bits per heavy atom. The molecule has 0 atom stereocenters. The van der Waals surface area contributed by atoms with Gasteiger partial charge in [0.05, 0.1) is 6.61 Å². The minimum atomic E-state index is 0.122. The molecule has 19 heavy (non-hydrogen) atoms. The monoisotopic (exact) mass is 264 g/mol. The van der Waals surface area contributed by atoms with E-state index in [1.165, 1.54) is 5.56 Å². The Morgan fingerprint density at radius 1 is 1.16 bits per heavy atom. The normalized spacial score (nSPS) is 12.5. The van der Waals surface area contributed by atoms with Crippen molar-refractivity contribution in [3.05, 3.63) is 23.9 Å². The van der Waals surface area contributed by atoms with Crippen molar-refractivity contribution in [1.82, 2.24) is 10.3 Å². The molecule has 0 aliphatic rings. The van der Waals surface area contributed by atoms with Crippen molar-refractivity contribution in [2.45, 2.75) is 60.0 Å². The van der Waals surface area contributed by atoms with Gasteiger partial charge in [-0.3, -0.25) is 0 Å². The van der Waals surface area contributed by atoms with Gasteiger partial charge in [0.2, 0.25) is 5.88 Å². The Balaban J connectivity index is 2.48. The fourth-order valence-corrected chi connectivity index (χ4v) is 1.47. The summed E-state index contributed by atoms with van der Waals surface area (Å²) in [7, 11) is 0. The first kappa shape index (κ1) is 16.0. The number of hydrogen-bond acceptors (Lipinski definition) is 3. The molecule has 1 aromatic rings. The Morgan fingerprint density at radius 2 is 1.84 bits per heavy atom. The molecule has 3 nitrogen and oxygen atoms in total. The zero-order valence-electron chi connectivity index (χ0n) is 13.2. The van der Waals surface area contributed by atoms with Crippen LogP contribution >= 0.6 is 0 Å². The van der Waals surface area contributed by atoms with Crippen molar-refractivity contribution < 1.29 is 4.74 Å². The van der Waals surface area contributed by atoms with Crippen LogP contribution in [-0.2, 0) is 6.54 Å². The molecule has 0 saturated heterocycles. The van der Waals surface area contributed by atoms with Crippen LogP contribution in [0.4, 0.5) is 0 Å². The van der Waals surface area contributed by atoms with Crippen molar-refractivity contribution in [2.24, 2.45) is 5.41 Å². The average molecular weight is 264 g/mol. The molecule has 0 amide bonds. The molecule has 1 N–H and O–H groups in total. The molecule has 108 valence electrons. The van der Waals surface area contributed by atoms with Crippen molar-refractivity contribution in [3.8, 4) is 5.88 Å². The molecule has 0 aliphatic heterocycles. The van der Waals surface area contributed by atoms with E-state index in [4.69, 9.17) is 4.74 Å². The minimum absolute atomic E-state index is 0.122. The maximum Gasteiger partial charge on any atom is 0.213 e. The predicted molar refractivity (Wildman–Crippen MR) is 80.4 cm³/mol. The van der Waals surface area contributed by atoms with E-state index in [0.29, 0.717) is 12.0 Å². The van der Waals surface area contributed by atoms with Crippen LogP contribution in [0.25, 0.3) is 0 Å². The number of rotatable bonds is 5. The van der Waals surface area contributed by atoms with E-state index < -0.39 is 0 Å². The van der Waals surface area contributed by atoms with E-state index in [0.717, 1.165) is 18.8 Å². The lowest BCUT2D eigenvalue weighted by Gasteiger charge is -2.21.